The van der Waals surface area contributed by atoms with Gasteiger partial charge in [0.1, 0.15) is 41.6 Å². The zero-order valence-corrected chi connectivity index (χ0v) is 13.0. The maximum Gasteiger partial charge on any atom is 0.286 e. The monoisotopic (exact) mass is 346 g/mol. The van der Waals surface area contributed by atoms with E-state index in [9.17, 15) is 25.5 Å². The van der Waals surface area contributed by atoms with E-state index in [2.05, 4.69) is 15.3 Å². The smallest absolute Gasteiger partial charge is 0.286 e. The van der Waals surface area contributed by atoms with Gasteiger partial charge < -0.3 is 35.6 Å². The molecule has 2 unspecified atom stereocenters. The second kappa shape index (κ2) is 6.02. The second-order valence-electron chi connectivity index (χ2n) is 5.31. The van der Waals surface area contributed by atoms with Crippen molar-refractivity contribution in [1.29, 1.82) is 0 Å². The molecule has 1 fully saturated rings. The number of aliphatic hydroxyl groups is 5. The van der Waals surface area contributed by atoms with Crippen LogP contribution in [0, 0.1) is 0 Å². The van der Waals surface area contributed by atoms with E-state index in [1.54, 1.807) is 6.26 Å². The molecule has 10 nitrogen and oxygen atoms in total. The molecule has 128 valence electrons. The summed E-state index contributed by atoms with van der Waals surface area (Å²) in [5.74, 6) is -2.18. The van der Waals surface area contributed by atoms with Gasteiger partial charge in [-0.15, -0.1) is 11.8 Å². The Labute approximate surface area is 135 Å². The highest BCUT2D eigenvalue weighted by molar-refractivity contribution is 7.99. The van der Waals surface area contributed by atoms with Crippen LogP contribution in [0.15, 0.2) is 11.3 Å². The molecule has 0 radical (unpaired) electrons. The molecule has 11 heteroatoms. The van der Waals surface area contributed by atoms with Crippen molar-refractivity contribution in [2.45, 2.75) is 35.8 Å². The van der Waals surface area contributed by atoms with Gasteiger partial charge in [0, 0.05) is 0 Å². The van der Waals surface area contributed by atoms with Crippen molar-refractivity contribution in [3.63, 3.8) is 0 Å². The quantitative estimate of drug-likeness (QED) is 0.334. The van der Waals surface area contributed by atoms with Crippen LogP contribution in [0.25, 0.3) is 0 Å². The number of aliphatic imine (C=N–C) groups is 1. The largest absolute Gasteiger partial charge is 0.387 e. The summed E-state index contributed by atoms with van der Waals surface area (Å²) in [4.78, 5) is 7.91. The maximum absolute atomic E-state index is 10.7. The van der Waals surface area contributed by atoms with Gasteiger partial charge in [-0.2, -0.15) is 0 Å². The second-order valence-corrected chi connectivity index (χ2v) is 6.26. The lowest BCUT2D eigenvalue weighted by Gasteiger charge is -2.29. The maximum atomic E-state index is 10.7. The van der Waals surface area contributed by atoms with Gasteiger partial charge in [-0.25, -0.2) is 4.98 Å². The number of nitrogens with one attached hydrogen (secondary N) is 1. The molecule has 1 saturated heterocycles. The third kappa shape index (κ3) is 2.54. The first-order chi connectivity index (χ1) is 10.9. The summed E-state index contributed by atoms with van der Waals surface area (Å²) in [7, 11) is 0. The number of ether oxygens (including phenoxy) is 1. The van der Waals surface area contributed by atoms with E-state index < -0.39 is 35.8 Å². The van der Waals surface area contributed by atoms with E-state index in [0.29, 0.717) is 0 Å². The third-order valence-electron chi connectivity index (χ3n) is 3.90. The summed E-state index contributed by atoms with van der Waals surface area (Å²) < 4.78 is 6.41. The van der Waals surface area contributed by atoms with Gasteiger partial charge in [-0.05, 0) is 6.26 Å². The van der Waals surface area contributed by atoms with Crippen LogP contribution in [0.4, 0.5) is 5.82 Å². The van der Waals surface area contributed by atoms with Crippen LogP contribution >= 0.6 is 11.8 Å². The Morgan fingerprint density at radius 3 is 2.91 bits per heavy atom. The molecule has 0 spiro atoms. The Hall–Kier alpha value is -1.21. The molecule has 3 heterocycles. The number of anilines is 1. The van der Waals surface area contributed by atoms with E-state index >= 15 is 0 Å². The average Bonchev–Trinajstić information content (AvgIpc) is 3.00. The topological polar surface area (TPSA) is 153 Å². The van der Waals surface area contributed by atoms with E-state index in [4.69, 9.17) is 4.74 Å². The average molecular weight is 346 g/mol. The van der Waals surface area contributed by atoms with Gasteiger partial charge in [0.25, 0.3) is 5.91 Å². The summed E-state index contributed by atoms with van der Waals surface area (Å²) in [6, 6.07) is 0. The number of nitrogens with zero attached hydrogens (tertiary/aromatic N) is 3. The Kier molecular flexibility index (Phi) is 4.35. The minimum absolute atomic E-state index is 0.0926. The van der Waals surface area contributed by atoms with E-state index in [1.165, 1.54) is 12.7 Å². The molecule has 0 aliphatic carbocycles. The van der Waals surface area contributed by atoms with Crippen LogP contribution in [0.1, 0.15) is 11.8 Å². The van der Waals surface area contributed by atoms with Gasteiger partial charge >= 0.3 is 0 Å². The van der Waals surface area contributed by atoms with Gasteiger partial charge in [0.05, 0.1) is 12.9 Å². The molecule has 6 atom stereocenters. The molecule has 0 aromatic carbocycles. The highest BCUT2D eigenvalue weighted by Crippen LogP contribution is 2.39. The number of thioether (sulfide) groups is 1. The lowest BCUT2D eigenvalue weighted by molar-refractivity contribution is -0.289. The normalized spacial score (nSPS) is 38.0. The number of aliphatic hydroxyl groups excluding tert-OH is 4. The standard InChI is InChI=1S/C12H18N4O6S/c1-23-11(20)8-7(18)9(19)12(21,22-8)16-4-15-6-5(17)2-13-3-14-10(6)16/h3-5,7-9,11,17-21H,2H2,1H3,(H,13,14)/t5?,7-,8+,9-,11?,12+/m1/s1. The fourth-order valence-electron chi connectivity index (χ4n) is 2.64. The van der Waals surface area contributed by atoms with E-state index in [0.717, 1.165) is 16.3 Å². The van der Waals surface area contributed by atoms with Gasteiger partial charge in [-0.3, -0.25) is 9.56 Å². The van der Waals surface area contributed by atoms with Crippen LogP contribution < -0.4 is 5.32 Å². The molecule has 23 heavy (non-hydrogen) atoms. The minimum atomic E-state index is -2.35. The number of aromatic nitrogens is 2. The summed E-state index contributed by atoms with van der Waals surface area (Å²) >= 11 is 1.00. The Bertz CT molecular complexity index is 612. The fourth-order valence-corrected chi connectivity index (χ4v) is 3.13. The van der Waals surface area contributed by atoms with Crippen molar-refractivity contribution < 1.29 is 30.3 Å². The molecule has 2 aliphatic heterocycles. The lowest BCUT2D eigenvalue weighted by Crippen LogP contribution is -2.45. The molecule has 0 bridgehead atoms. The van der Waals surface area contributed by atoms with Crippen LogP contribution in [-0.2, 0) is 10.6 Å². The highest BCUT2D eigenvalue weighted by atomic mass is 32.2. The van der Waals surface area contributed by atoms with Crippen molar-refractivity contribution >= 4 is 23.9 Å². The molecular formula is C12H18N4O6S. The van der Waals surface area contributed by atoms with Crippen molar-refractivity contribution in [2.24, 2.45) is 4.99 Å². The van der Waals surface area contributed by atoms with Crippen molar-refractivity contribution in [2.75, 3.05) is 18.1 Å². The predicted molar refractivity (Wildman–Crippen MR) is 80.8 cm³/mol. The first kappa shape index (κ1) is 16.6. The number of rotatable bonds is 3. The van der Waals surface area contributed by atoms with E-state index in [1.807, 2.05) is 0 Å². The zero-order valence-electron chi connectivity index (χ0n) is 12.1. The van der Waals surface area contributed by atoms with Crippen LogP contribution in [0.5, 0.6) is 0 Å². The van der Waals surface area contributed by atoms with Crippen molar-refractivity contribution in [3.05, 3.63) is 12.0 Å². The van der Waals surface area contributed by atoms with Crippen LogP contribution in [0.3, 0.4) is 0 Å². The number of hydrogen-bond donors (Lipinski definition) is 6. The molecule has 0 saturated carbocycles. The molecular weight excluding hydrogens is 328 g/mol. The van der Waals surface area contributed by atoms with Crippen LogP contribution in [0.2, 0.25) is 0 Å². The molecule has 0 amide bonds. The van der Waals surface area contributed by atoms with Crippen molar-refractivity contribution in [3.8, 4) is 0 Å². The van der Waals surface area contributed by atoms with Gasteiger partial charge in [0.2, 0.25) is 0 Å². The molecule has 1 aromatic rings. The highest BCUT2D eigenvalue weighted by Gasteiger charge is 2.57. The third-order valence-corrected chi connectivity index (χ3v) is 4.66. The minimum Gasteiger partial charge on any atom is -0.387 e. The van der Waals surface area contributed by atoms with Gasteiger partial charge in [-0.1, -0.05) is 0 Å². The number of hydrogen-bond acceptors (Lipinski definition) is 10. The fraction of sp³-hybridized carbons (Fsp3) is 0.667. The lowest BCUT2D eigenvalue weighted by atomic mass is 10.1. The molecule has 1 aromatic heterocycles. The summed E-state index contributed by atoms with van der Waals surface area (Å²) in [6.45, 7) is 0.0926. The number of imidazole rings is 1. The SMILES string of the molecule is CSC(O)[C@H]1O[C@](O)(n2cnc3c2NC=NCC3O)[C@H](O)[C@@H]1O. The van der Waals surface area contributed by atoms with Gasteiger partial charge in [0.15, 0.2) is 6.10 Å². The molecule has 6 N–H and O–H groups in total. The number of fused-ring (bicyclic) bond motifs is 1. The predicted octanol–water partition coefficient (Wildman–Crippen LogP) is -2.23. The molecule has 2 aliphatic rings. The zero-order chi connectivity index (χ0) is 16.8. The van der Waals surface area contributed by atoms with Crippen LogP contribution in [-0.4, -0.2) is 78.0 Å². The summed E-state index contributed by atoms with van der Waals surface area (Å²) in [5, 5.41) is 53.6. The van der Waals surface area contributed by atoms with E-state index in [-0.39, 0.29) is 18.1 Å². The summed E-state index contributed by atoms with van der Waals surface area (Å²) in [5.41, 5.74) is -0.925. The Morgan fingerprint density at radius 1 is 1.48 bits per heavy atom. The Morgan fingerprint density at radius 2 is 2.22 bits per heavy atom. The first-order valence-corrected chi connectivity index (χ1v) is 8.16. The first-order valence-electron chi connectivity index (χ1n) is 6.88. The Balaban J connectivity index is 2.00. The molecule has 3 rings (SSSR count). The van der Waals surface area contributed by atoms with Crippen molar-refractivity contribution in [1.82, 2.24) is 9.55 Å². The summed E-state index contributed by atoms with van der Waals surface area (Å²) in [6.07, 6.45) is -1.34.